The van der Waals surface area contributed by atoms with Gasteiger partial charge in [0.05, 0.1) is 6.04 Å². The number of nitrogens with one attached hydrogen (secondary N) is 2. The molecule has 1 aliphatic heterocycles. The zero-order valence-corrected chi connectivity index (χ0v) is 10.9. The molecule has 16 heavy (non-hydrogen) atoms. The first-order valence-corrected chi connectivity index (χ1v) is 6.86. The molecule has 3 nitrogen and oxygen atoms in total. The van der Waals surface area contributed by atoms with Crippen molar-refractivity contribution in [2.75, 3.05) is 33.2 Å². The number of likely N-dealkylation sites (N-methyl/N-ethyl adjacent to an activating group) is 1. The number of hydrogen-bond acceptors (Lipinski definition) is 4. The summed E-state index contributed by atoms with van der Waals surface area (Å²) < 4.78 is 0. The molecule has 0 spiro atoms. The normalized spacial score (nSPS) is 21.9. The Morgan fingerprint density at radius 3 is 2.75 bits per heavy atom. The minimum absolute atomic E-state index is 0.457. The van der Waals surface area contributed by atoms with Crippen molar-refractivity contribution in [3.63, 3.8) is 0 Å². The van der Waals surface area contributed by atoms with Gasteiger partial charge in [0.2, 0.25) is 0 Å². The van der Waals surface area contributed by atoms with Gasteiger partial charge in [-0.3, -0.25) is 4.90 Å². The molecule has 1 aliphatic rings. The molecule has 0 saturated carbocycles. The van der Waals surface area contributed by atoms with E-state index in [-0.39, 0.29) is 0 Å². The summed E-state index contributed by atoms with van der Waals surface area (Å²) in [6.07, 6.45) is 0. The molecule has 1 saturated heterocycles. The van der Waals surface area contributed by atoms with Gasteiger partial charge in [-0.15, -0.1) is 11.3 Å². The Hall–Kier alpha value is -0.420. The summed E-state index contributed by atoms with van der Waals surface area (Å²) in [5.74, 6) is 0. The molecule has 2 heterocycles. The van der Waals surface area contributed by atoms with Gasteiger partial charge in [0.1, 0.15) is 0 Å². The average molecular weight is 239 g/mol. The van der Waals surface area contributed by atoms with E-state index in [9.17, 15) is 0 Å². The van der Waals surface area contributed by atoms with Crippen LogP contribution in [-0.4, -0.2) is 44.2 Å². The molecule has 0 amide bonds. The van der Waals surface area contributed by atoms with Crippen LogP contribution in [0.4, 0.5) is 0 Å². The molecule has 1 aromatic heterocycles. The second kappa shape index (κ2) is 5.77. The van der Waals surface area contributed by atoms with Crippen molar-refractivity contribution >= 4 is 11.3 Å². The van der Waals surface area contributed by atoms with Crippen LogP contribution in [0.25, 0.3) is 0 Å². The molecule has 0 bridgehead atoms. The fourth-order valence-corrected chi connectivity index (χ4v) is 3.32. The van der Waals surface area contributed by atoms with E-state index in [1.807, 2.05) is 11.3 Å². The second-order valence-corrected chi connectivity index (χ2v) is 5.29. The highest BCUT2D eigenvalue weighted by molar-refractivity contribution is 7.10. The summed E-state index contributed by atoms with van der Waals surface area (Å²) in [7, 11) is 2.06. The van der Waals surface area contributed by atoms with Crippen LogP contribution >= 0.6 is 11.3 Å². The van der Waals surface area contributed by atoms with Crippen LogP contribution in [0.15, 0.2) is 17.5 Å². The molecule has 90 valence electrons. The van der Waals surface area contributed by atoms with Crippen molar-refractivity contribution in [1.29, 1.82) is 0 Å². The lowest BCUT2D eigenvalue weighted by atomic mass is 10.1. The van der Waals surface area contributed by atoms with Crippen LogP contribution in [0.3, 0.4) is 0 Å². The Bertz CT molecular complexity index is 293. The van der Waals surface area contributed by atoms with E-state index in [1.165, 1.54) is 4.88 Å². The Labute approximate surface area is 102 Å². The van der Waals surface area contributed by atoms with Crippen molar-refractivity contribution in [2.24, 2.45) is 0 Å². The number of hydrogen-bond donors (Lipinski definition) is 2. The summed E-state index contributed by atoms with van der Waals surface area (Å²) in [5.41, 5.74) is 0. The molecular weight excluding hydrogens is 218 g/mol. The van der Waals surface area contributed by atoms with Gasteiger partial charge in [0.25, 0.3) is 0 Å². The van der Waals surface area contributed by atoms with E-state index < -0.39 is 0 Å². The van der Waals surface area contributed by atoms with Gasteiger partial charge in [0, 0.05) is 37.1 Å². The smallest absolute Gasteiger partial charge is 0.0567 e. The molecule has 2 rings (SSSR count). The van der Waals surface area contributed by atoms with Gasteiger partial charge in [-0.1, -0.05) is 6.07 Å². The number of nitrogens with zero attached hydrogens (tertiary/aromatic N) is 1. The van der Waals surface area contributed by atoms with Gasteiger partial charge >= 0.3 is 0 Å². The topological polar surface area (TPSA) is 27.3 Å². The summed E-state index contributed by atoms with van der Waals surface area (Å²) >= 11 is 1.84. The van der Waals surface area contributed by atoms with E-state index >= 15 is 0 Å². The lowest BCUT2D eigenvalue weighted by molar-refractivity contribution is 0.154. The molecular formula is C12H21N3S. The minimum Gasteiger partial charge on any atom is -0.314 e. The van der Waals surface area contributed by atoms with Gasteiger partial charge in [-0.25, -0.2) is 0 Å². The Kier molecular flexibility index (Phi) is 4.35. The maximum absolute atomic E-state index is 3.45. The van der Waals surface area contributed by atoms with Gasteiger partial charge < -0.3 is 10.6 Å². The fraction of sp³-hybridized carbons (Fsp3) is 0.667. The van der Waals surface area contributed by atoms with E-state index in [0.717, 1.165) is 26.2 Å². The zero-order valence-electron chi connectivity index (χ0n) is 10.1. The SMILES string of the molecule is CNC(c1cccs1)C(C)N1CCNCC1. The standard InChI is InChI=1S/C12H21N3S/c1-10(15-7-5-14-6-8-15)12(13-2)11-4-3-9-16-11/h3-4,9-10,12-14H,5-8H2,1-2H3. The number of rotatable bonds is 4. The molecule has 1 fully saturated rings. The maximum Gasteiger partial charge on any atom is 0.0567 e. The molecule has 0 aliphatic carbocycles. The van der Waals surface area contributed by atoms with Crippen LogP contribution in [0.5, 0.6) is 0 Å². The first-order chi connectivity index (χ1) is 7.83. The molecule has 2 atom stereocenters. The first-order valence-electron chi connectivity index (χ1n) is 5.98. The summed E-state index contributed by atoms with van der Waals surface area (Å²) in [5, 5.41) is 9.01. The molecule has 0 aromatic carbocycles. The van der Waals surface area contributed by atoms with E-state index in [4.69, 9.17) is 0 Å². The quantitative estimate of drug-likeness (QED) is 0.829. The number of piperazine rings is 1. The van der Waals surface area contributed by atoms with Crippen molar-refractivity contribution in [3.05, 3.63) is 22.4 Å². The predicted molar refractivity (Wildman–Crippen MR) is 70.0 cm³/mol. The minimum atomic E-state index is 0.457. The highest BCUT2D eigenvalue weighted by Crippen LogP contribution is 2.24. The Morgan fingerprint density at radius 2 is 2.19 bits per heavy atom. The van der Waals surface area contributed by atoms with Crippen LogP contribution in [-0.2, 0) is 0 Å². The van der Waals surface area contributed by atoms with Gasteiger partial charge in [0.15, 0.2) is 0 Å². The van der Waals surface area contributed by atoms with Crippen molar-refractivity contribution in [2.45, 2.75) is 19.0 Å². The van der Waals surface area contributed by atoms with Crippen LogP contribution in [0.2, 0.25) is 0 Å². The summed E-state index contributed by atoms with van der Waals surface area (Å²) in [4.78, 5) is 4.01. The fourth-order valence-electron chi connectivity index (χ4n) is 2.39. The maximum atomic E-state index is 3.45. The van der Waals surface area contributed by atoms with Crippen LogP contribution in [0, 0.1) is 0 Å². The van der Waals surface area contributed by atoms with Crippen LogP contribution in [0.1, 0.15) is 17.8 Å². The zero-order chi connectivity index (χ0) is 11.4. The van der Waals surface area contributed by atoms with Crippen LogP contribution < -0.4 is 10.6 Å². The second-order valence-electron chi connectivity index (χ2n) is 4.31. The Balaban J connectivity index is 2.02. The molecule has 0 radical (unpaired) electrons. The first kappa shape index (κ1) is 12.0. The van der Waals surface area contributed by atoms with Gasteiger partial charge in [-0.2, -0.15) is 0 Å². The largest absolute Gasteiger partial charge is 0.314 e. The molecule has 2 N–H and O–H groups in total. The van der Waals surface area contributed by atoms with Crippen molar-refractivity contribution in [3.8, 4) is 0 Å². The third kappa shape index (κ3) is 2.63. The van der Waals surface area contributed by atoms with E-state index in [2.05, 4.69) is 47.0 Å². The summed E-state index contributed by atoms with van der Waals surface area (Å²) in [6, 6.07) is 5.38. The van der Waals surface area contributed by atoms with Crippen molar-refractivity contribution in [1.82, 2.24) is 15.5 Å². The number of thiophene rings is 1. The molecule has 4 heteroatoms. The highest BCUT2D eigenvalue weighted by atomic mass is 32.1. The molecule has 2 unspecified atom stereocenters. The summed E-state index contributed by atoms with van der Waals surface area (Å²) in [6.45, 7) is 6.87. The van der Waals surface area contributed by atoms with Gasteiger partial charge in [-0.05, 0) is 25.4 Å². The lowest BCUT2D eigenvalue weighted by Crippen LogP contribution is -2.50. The van der Waals surface area contributed by atoms with E-state index in [0.29, 0.717) is 12.1 Å². The van der Waals surface area contributed by atoms with Crippen molar-refractivity contribution < 1.29 is 0 Å². The lowest BCUT2D eigenvalue weighted by Gasteiger charge is -2.37. The molecule has 1 aromatic rings. The monoisotopic (exact) mass is 239 g/mol. The average Bonchev–Trinajstić information content (AvgIpc) is 2.85. The third-order valence-electron chi connectivity index (χ3n) is 3.37. The predicted octanol–water partition coefficient (Wildman–Crippen LogP) is 1.30. The Morgan fingerprint density at radius 1 is 1.44 bits per heavy atom. The highest BCUT2D eigenvalue weighted by Gasteiger charge is 2.25. The van der Waals surface area contributed by atoms with E-state index in [1.54, 1.807) is 0 Å². The third-order valence-corrected chi connectivity index (χ3v) is 4.33.